The van der Waals surface area contributed by atoms with Gasteiger partial charge in [0.15, 0.2) is 0 Å². The number of hydrogen-bond donors (Lipinski definition) is 0. The van der Waals surface area contributed by atoms with E-state index in [2.05, 4.69) is 16.7 Å². The second kappa shape index (κ2) is 7.97. The Labute approximate surface area is 141 Å². The van der Waals surface area contributed by atoms with Gasteiger partial charge in [-0.15, -0.1) is 18.3 Å². The molecule has 122 valence electrons. The van der Waals surface area contributed by atoms with E-state index in [1.807, 2.05) is 45.2 Å². The van der Waals surface area contributed by atoms with E-state index in [0.717, 1.165) is 22.8 Å². The number of carbonyl (C=O) groups excluding carboxylic acids is 1. The van der Waals surface area contributed by atoms with Gasteiger partial charge in [-0.2, -0.15) is 5.10 Å². The monoisotopic (exact) mass is 330 g/mol. The molecule has 0 fully saturated rings. The highest BCUT2D eigenvalue weighted by Crippen LogP contribution is 2.24. The minimum Gasteiger partial charge on any atom is -0.309 e. The largest absolute Gasteiger partial charge is 0.309 e. The molecule has 0 aliphatic carbocycles. The fourth-order valence-electron chi connectivity index (χ4n) is 2.29. The number of aromatic nitrogens is 3. The van der Waals surface area contributed by atoms with Crippen LogP contribution < -0.4 is 4.90 Å². The molecule has 23 heavy (non-hydrogen) atoms. The van der Waals surface area contributed by atoms with Crippen molar-refractivity contribution in [3.05, 3.63) is 49.1 Å². The third-order valence-corrected chi connectivity index (χ3v) is 4.60. The molecule has 0 aromatic carbocycles. The molecule has 0 N–H and O–H groups in total. The lowest BCUT2D eigenvalue weighted by molar-refractivity contribution is -0.117. The fourth-order valence-corrected chi connectivity index (χ4v) is 2.98. The Morgan fingerprint density at radius 2 is 2.35 bits per heavy atom. The molecule has 2 aromatic heterocycles. The van der Waals surface area contributed by atoms with Crippen LogP contribution in [0, 0.1) is 6.92 Å². The summed E-state index contributed by atoms with van der Waals surface area (Å²) in [5.41, 5.74) is 2.54. The second-order valence-electron chi connectivity index (χ2n) is 5.10. The number of pyridine rings is 1. The number of carbonyl (C=O) groups is 1. The van der Waals surface area contributed by atoms with Crippen LogP contribution in [0.15, 0.2) is 43.4 Å². The van der Waals surface area contributed by atoms with Crippen LogP contribution in [0.3, 0.4) is 0 Å². The third-order valence-electron chi connectivity index (χ3n) is 3.47. The lowest BCUT2D eigenvalue weighted by Gasteiger charge is -2.23. The van der Waals surface area contributed by atoms with Crippen molar-refractivity contribution in [1.82, 2.24) is 14.8 Å². The summed E-state index contributed by atoms with van der Waals surface area (Å²) in [6.07, 6.45) is 7.17. The van der Waals surface area contributed by atoms with Gasteiger partial charge in [-0.25, -0.2) is 4.68 Å². The van der Waals surface area contributed by atoms with E-state index in [0.29, 0.717) is 6.54 Å². The number of aryl methyl sites for hydroxylation is 1. The Hall–Kier alpha value is -2.08. The maximum atomic E-state index is 12.7. The summed E-state index contributed by atoms with van der Waals surface area (Å²) in [5, 5.41) is 4.40. The lowest BCUT2D eigenvalue weighted by atomic mass is 10.3. The zero-order valence-electron chi connectivity index (χ0n) is 13.8. The molecule has 2 aromatic rings. The molecule has 0 aliphatic heterocycles. The van der Waals surface area contributed by atoms with Crippen molar-refractivity contribution in [3.8, 4) is 5.69 Å². The van der Waals surface area contributed by atoms with Crippen molar-refractivity contribution < 1.29 is 4.79 Å². The number of amides is 1. The van der Waals surface area contributed by atoms with Crippen molar-refractivity contribution in [2.45, 2.75) is 26.0 Å². The van der Waals surface area contributed by atoms with Gasteiger partial charge in [-0.05, 0) is 32.9 Å². The van der Waals surface area contributed by atoms with Crippen LogP contribution in [0.2, 0.25) is 0 Å². The number of hydrogen-bond acceptors (Lipinski definition) is 4. The first-order valence-electron chi connectivity index (χ1n) is 7.59. The average molecular weight is 330 g/mol. The lowest BCUT2D eigenvalue weighted by Crippen LogP contribution is -2.36. The van der Waals surface area contributed by atoms with Crippen LogP contribution in [-0.2, 0) is 4.79 Å². The number of anilines is 1. The van der Waals surface area contributed by atoms with Gasteiger partial charge < -0.3 is 4.90 Å². The quantitative estimate of drug-likeness (QED) is 0.731. The van der Waals surface area contributed by atoms with Crippen molar-refractivity contribution >= 4 is 23.4 Å². The van der Waals surface area contributed by atoms with Crippen molar-refractivity contribution in [2.24, 2.45) is 0 Å². The summed E-state index contributed by atoms with van der Waals surface area (Å²) in [5.74, 6) is 0.853. The van der Waals surface area contributed by atoms with E-state index < -0.39 is 0 Å². The Bertz CT molecular complexity index is 668. The first kappa shape index (κ1) is 17.3. The minimum absolute atomic E-state index is 0.0909. The number of nitrogens with zero attached hydrogens (tertiary/aromatic N) is 4. The molecule has 0 bridgehead atoms. The normalized spacial score (nSPS) is 12.0. The zero-order chi connectivity index (χ0) is 16.8. The molecule has 1 atom stereocenters. The van der Waals surface area contributed by atoms with Crippen molar-refractivity contribution in [1.29, 1.82) is 0 Å². The van der Waals surface area contributed by atoms with Gasteiger partial charge in [0.05, 0.1) is 34.7 Å². The summed E-state index contributed by atoms with van der Waals surface area (Å²) in [6.45, 7) is 10.1. The van der Waals surface area contributed by atoms with Gasteiger partial charge in [-0.3, -0.25) is 9.78 Å². The average Bonchev–Trinajstić information content (AvgIpc) is 2.96. The first-order chi connectivity index (χ1) is 11.1. The highest BCUT2D eigenvalue weighted by molar-refractivity contribution is 8.00. The summed E-state index contributed by atoms with van der Waals surface area (Å²) in [6, 6.07) is 3.80. The Balaban J connectivity index is 2.26. The molecule has 1 unspecified atom stereocenters. The smallest absolute Gasteiger partial charge is 0.239 e. The molecule has 0 saturated heterocycles. The predicted molar refractivity (Wildman–Crippen MR) is 96.2 cm³/mol. The van der Waals surface area contributed by atoms with Crippen LogP contribution in [0.5, 0.6) is 0 Å². The molecule has 1 amide bonds. The van der Waals surface area contributed by atoms with Crippen LogP contribution in [0.4, 0.5) is 5.69 Å². The molecule has 2 rings (SSSR count). The summed E-state index contributed by atoms with van der Waals surface area (Å²) < 4.78 is 1.76. The predicted octanol–water partition coefficient (Wildman–Crippen LogP) is 3.24. The van der Waals surface area contributed by atoms with E-state index in [4.69, 9.17) is 0 Å². The van der Waals surface area contributed by atoms with Crippen LogP contribution in [0.1, 0.15) is 19.5 Å². The van der Waals surface area contributed by atoms with Crippen LogP contribution >= 0.6 is 11.8 Å². The molecular weight excluding hydrogens is 308 g/mol. The van der Waals surface area contributed by atoms with Crippen LogP contribution in [0.25, 0.3) is 5.69 Å². The Morgan fingerprint density at radius 1 is 1.57 bits per heavy atom. The van der Waals surface area contributed by atoms with Crippen LogP contribution in [-0.4, -0.2) is 38.2 Å². The Morgan fingerprint density at radius 3 is 2.96 bits per heavy atom. The zero-order valence-corrected chi connectivity index (χ0v) is 14.6. The highest BCUT2D eigenvalue weighted by atomic mass is 32.2. The minimum atomic E-state index is -0.117. The summed E-state index contributed by atoms with van der Waals surface area (Å²) in [4.78, 5) is 18.6. The molecule has 0 aliphatic rings. The third kappa shape index (κ3) is 4.01. The van der Waals surface area contributed by atoms with Gasteiger partial charge in [0.2, 0.25) is 5.91 Å². The van der Waals surface area contributed by atoms with E-state index >= 15 is 0 Å². The van der Waals surface area contributed by atoms with Gasteiger partial charge in [-0.1, -0.05) is 6.08 Å². The molecule has 0 radical (unpaired) electrons. The SMILES string of the molecule is C=CCSC(C)C(=O)N(CC)c1cn(-c2cccnc2)nc1C. The van der Waals surface area contributed by atoms with Crippen molar-refractivity contribution in [2.75, 3.05) is 17.2 Å². The molecule has 2 heterocycles. The van der Waals surface area contributed by atoms with E-state index in [-0.39, 0.29) is 11.2 Å². The van der Waals surface area contributed by atoms with Gasteiger partial charge in [0, 0.05) is 18.5 Å². The number of thioether (sulfide) groups is 1. The summed E-state index contributed by atoms with van der Waals surface area (Å²) >= 11 is 1.59. The standard InChI is InChI=1S/C17H22N4OS/c1-5-10-23-14(4)17(22)20(6-2)16-12-21(19-13(16)3)15-8-7-9-18-11-15/h5,7-9,11-12,14H,1,6,10H2,2-4H3. The fraction of sp³-hybridized carbons (Fsp3) is 0.353. The molecule has 0 spiro atoms. The molecular formula is C17H22N4OS. The van der Waals surface area contributed by atoms with E-state index in [9.17, 15) is 4.79 Å². The molecule has 6 heteroatoms. The van der Waals surface area contributed by atoms with E-state index in [1.54, 1.807) is 33.7 Å². The Kier molecular flexibility index (Phi) is 5.98. The second-order valence-corrected chi connectivity index (χ2v) is 6.48. The van der Waals surface area contributed by atoms with Gasteiger partial charge >= 0.3 is 0 Å². The topological polar surface area (TPSA) is 51.0 Å². The highest BCUT2D eigenvalue weighted by Gasteiger charge is 2.23. The molecule has 5 nitrogen and oxygen atoms in total. The van der Waals surface area contributed by atoms with Crippen molar-refractivity contribution in [3.63, 3.8) is 0 Å². The summed E-state index contributed by atoms with van der Waals surface area (Å²) in [7, 11) is 0. The molecule has 0 saturated carbocycles. The van der Waals surface area contributed by atoms with Gasteiger partial charge in [0.25, 0.3) is 0 Å². The number of rotatable bonds is 7. The first-order valence-corrected chi connectivity index (χ1v) is 8.63. The van der Waals surface area contributed by atoms with E-state index in [1.165, 1.54) is 0 Å². The van der Waals surface area contributed by atoms with Gasteiger partial charge in [0.1, 0.15) is 0 Å². The maximum Gasteiger partial charge on any atom is 0.239 e. The maximum absolute atomic E-state index is 12.7.